The van der Waals surface area contributed by atoms with Crippen molar-refractivity contribution in [3.05, 3.63) is 12.7 Å². The van der Waals surface area contributed by atoms with Crippen molar-refractivity contribution >= 4 is 17.0 Å². The van der Waals surface area contributed by atoms with Gasteiger partial charge in [-0.3, -0.25) is 0 Å². The second-order valence-corrected chi connectivity index (χ2v) is 4.79. The second-order valence-electron chi connectivity index (χ2n) is 4.79. The van der Waals surface area contributed by atoms with Crippen LogP contribution in [0.5, 0.6) is 0 Å². The predicted octanol–water partition coefficient (Wildman–Crippen LogP) is -1.44. The van der Waals surface area contributed by atoms with E-state index in [1.54, 1.807) is 6.92 Å². The molecule has 0 aromatic carbocycles. The topological polar surface area (TPSA) is 142 Å². The van der Waals surface area contributed by atoms with Crippen LogP contribution in [-0.2, 0) is 4.74 Å². The van der Waals surface area contributed by atoms with Crippen molar-refractivity contribution in [1.82, 2.24) is 19.9 Å². The van der Waals surface area contributed by atoms with E-state index in [2.05, 4.69) is 25.3 Å². The Kier molecular flexibility index (Phi) is 3.26. The third kappa shape index (κ3) is 2.10. The van der Waals surface area contributed by atoms with E-state index >= 15 is 0 Å². The van der Waals surface area contributed by atoms with Gasteiger partial charge in [0, 0.05) is 0 Å². The number of nitrogens with one attached hydrogen (secondary N) is 2. The number of H-pyrrole nitrogens is 1. The van der Waals surface area contributed by atoms with E-state index in [0.717, 1.165) is 0 Å². The van der Waals surface area contributed by atoms with Gasteiger partial charge < -0.3 is 31.0 Å². The normalized spacial score (nSPS) is 34.3. The monoisotopic (exact) mass is 280 g/mol. The molecule has 108 valence electrons. The lowest BCUT2D eigenvalue weighted by atomic mass is 9.97. The van der Waals surface area contributed by atoms with E-state index in [0.29, 0.717) is 17.0 Å². The molecular formula is C11H16N6O3. The number of aliphatic hydroxyl groups is 2. The SMILES string of the molecule is C[C@H]1O[C@@H](Nc2ncnc3nc[nH]c23)[C@H](O)[C@@H](O)[C@@H]1N. The number of ether oxygens (including phenoxy) is 1. The first-order valence-electron chi connectivity index (χ1n) is 6.25. The van der Waals surface area contributed by atoms with E-state index in [4.69, 9.17) is 10.5 Å². The highest BCUT2D eigenvalue weighted by molar-refractivity contribution is 5.81. The van der Waals surface area contributed by atoms with Crippen LogP contribution in [0.2, 0.25) is 0 Å². The highest BCUT2D eigenvalue weighted by atomic mass is 16.5. The maximum Gasteiger partial charge on any atom is 0.182 e. The third-order valence-corrected chi connectivity index (χ3v) is 3.46. The second kappa shape index (κ2) is 4.94. The predicted molar refractivity (Wildman–Crippen MR) is 69.6 cm³/mol. The number of nitrogens with zero attached hydrogens (tertiary/aromatic N) is 3. The first-order valence-corrected chi connectivity index (χ1v) is 6.25. The molecular weight excluding hydrogens is 264 g/mol. The smallest absolute Gasteiger partial charge is 0.182 e. The Balaban J connectivity index is 1.85. The van der Waals surface area contributed by atoms with Gasteiger partial charge in [0.15, 0.2) is 17.7 Å². The van der Waals surface area contributed by atoms with Crippen LogP contribution >= 0.6 is 0 Å². The molecule has 0 aliphatic carbocycles. The summed E-state index contributed by atoms with van der Waals surface area (Å²) in [7, 11) is 0. The first-order chi connectivity index (χ1) is 9.58. The number of aromatic amines is 1. The number of rotatable bonds is 2. The molecule has 0 radical (unpaired) electrons. The average molecular weight is 280 g/mol. The zero-order valence-corrected chi connectivity index (χ0v) is 10.8. The van der Waals surface area contributed by atoms with E-state index < -0.39 is 30.6 Å². The molecule has 0 bridgehead atoms. The maximum atomic E-state index is 10.0. The van der Waals surface area contributed by atoms with Gasteiger partial charge in [-0.1, -0.05) is 0 Å². The molecule has 9 heteroatoms. The van der Waals surface area contributed by atoms with Crippen molar-refractivity contribution in [3.8, 4) is 0 Å². The Bertz CT molecular complexity index is 605. The minimum absolute atomic E-state index is 0.398. The van der Waals surface area contributed by atoms with E-state index in [1.807, 2.05) is 0 Å². The molecule has 6 N–H and O–H groups in total. The minimum atomic E-state index is -1.16. The Hall–Kier alpha value is -1.81. The molecule has 20 heavy (non-hydrogen) atoms. The van der Waals surface area contributed by atoms with Crippen LogP contribution in [0.15, 0.2) is 12.7 Å². The third-order valence-electron chi connectivity index (χ3n) is 3.46. The van der Waals surface area contributed by atoms with Gasteiger partial charge in [0.25, 0.3) is 0 Å². The van der Waals surface area contributed by atoms with E-state index in [-0.39, 0.29) is 0 Å². The summed E-state index contributed by atoms with van der Waals surface area (Å²) >= 11 is 0. The van der Waals surface area contributed by atoms with Gasteiger partial charge in [0.05, 0.1) is 18.5 Å². The molecule has 0 saturated carbocycles. The highest BCUT2D eigenvalue weighted by Crippen LogP contribution is 2.23. The first kappa shape index (κ1) is 13.2. The number of nitrogens with two attached hydrogens (primary N) is 1. The molecule has 0 unspecified atom stereocenters. The summed E-state index contributed by atoms with van der Waals surface area (Å²) in [5, 5.41) is 22.8. The molecule has 1 fully saturated rings. The Labute approximate surface area is 114 Å². The molecule has 3 heterocycles. The van der Waals surface area contributed by atoms with Gasteiger partial charge in [-0.25, -0.2) is 15.0 Å². The van der Waals surface area contributed by atoms with Gasteiger partial charge in [0.2, 0.25) is 0 Å². The van der Waals surface area contributed by atoms with Crippen molar-refractivity contribution in [2.24, 2.45) is 5.73 Å². The molecule has 2 aromatic rings. The zero-order chi connectivity index (χ0) is 14.3. The highest BCUT2D eigenvalue weighted by Gasteiger charge is 2.41. The summed E-state index contributed by atoms with van der Waals surface area (Å²) < 4.78 is 5.57. The van der Waals surface area contributed by atoms with Crippen LogP contribution in [-0.4, -0.2) is 60.7 Å². The Morgan fingerprint density at radius 2 is 2.10 bits per heavy atom. The molecule has 1 saturated heterocycles. The molecule has 0 spiro atoms. The summed E-state index contributed by atoms with van der Waals surface area (Å²) in [5.41, 5.74) is 6.83. The van der Waals surface area contributed by atoms with Crippen molar-refractivity contribution in [3.63, 3.8) is 0 Å². The largest absolute Gasteiger partial charge is 0.389 e. The van der Waals surface area contributed by atoms with Crippen LogP contribution in [0.1, 0.15) is 6.92 Å². The number of fused-ring (bicyclic) bond motifs is 1. The lowest BCUT2D eigenvalue weighted by molar-refractivity contribution is -0.163. The average Bonchev–Trinajstić information content (AvgIpc) is 2.92. The Morgan fingerprint density at radius 3 is 2.90 bits per heavy atom. The van der Waals surface area contributed by atoms with Crippen molar-refractivity contribution in [2.45, 2.75) is 37.5 Å². The van der Waals surface area contributed by atoms with Crippen LogP contribution in [0, 0.1) is 0 Å². The number of anilines is 1. The van der Waals surface area contributed by atoms with Gasteiger partial charge in [-0.2, -0.15) is 0 Å². The maximum absolute atomic E-state index is 10.0. The van der Waals surface area contributed by atoms with Gasteiger partial charge >= 0.3 is 0 Å². The summed E-state index contributed by atoms with van der Waals surface area (Å²) in [6, 6.07) is -0.638. The van der Waals surface area contributed by atoms with Crippen molar-refractivity contribution < 1.29 is 14.9 Å². The standard InChI is InChI=1S/C11H16N6O3/c1-4-5(12)7(18)8(19)11(20-4)17-10-6-9(14-2-13-6)15-3-16-10/h2-5,7-8,11,18-19H,12H2,1H3,(H2,13,14,15,16,17)/t4-,5-,7+,8-,11-/m1/s1. The van der Waals surface area contributed by atoms with Crippen LogP contribution in [0.3, 0.4) is 0 Å². The van der Waals surface area contributed by atoms with E-state index in [1.165, 1.54) is 12.7 Å². The fourth-order valence-electron chi connectivity index (χ4n) is 2.22. The molecule has 1 aliphatic heterocycles. The number of imidazole rings is 1. The quantitative estimate of drug-likeness (QED) is 0.450. The molecule has 0 amide bonds. The number of aliphatic hydroxyl groups excluding tert-OH is 2. The van der Waals surface area contributed by atoms with Gasteiger partial charge in [0.1, 0.15) is 24.1 Å². The molecule has 3 rings (SSSR count). The number of hydrogen-bond donors (Lipinski definition) is 5. The van der Waals surface area contributed by atoms with Crippen molar-refractivity contribution in [2.75, 3.05) is 5.32 Å². The molecule has 9 nitrogen and oxygen atoms in total. The van der Waals surface area contributed by atoms with Crippen molar-refractivity contribution in [1.29, 1.82) is 0 Å². The van der Waals surface area contributed by atoms with E-state index in [9.17, 15) is 10.2 Å². The van der Waals surface area contributed by atoms with Crippen LogP contribution < -0.4 is 11.1 Å². The summed E-state index contributed by atoms with van der Waals surface area (Å²) in [4.78, 5) is 15.0. The fraction of sp³-hybridized carbons (Fsp3) is 0.545. The van der Waals surface area contributed by atoms with Gasteiger partial charge in [-0.15, -0.1) is 0 Å². The van der Waals surface area contributed by atoms with Crippen LogP contribution in [0.4, 0.5) is 5.82 Å². The molecule has 5 atom stereocenters. The summed E-state index contributed by atoms with van der Waals surface area (Å²) in [6.45, 7) is 1.74. The molecule has 1 aliphatic rings. The molecule has 2 aromatic heterocycles. The number of hydrogen-bond acceptors (Lipinski definition) is 8. The van der Waals surface area contributed by atoms with Crippen LogP contribution in [0.25, 0.3) is 11.2 Å². The lowest BCUT2D eigenvalue weighted by Gasteiger charge is -2.40. The minimum Gasteiger partial charge on any atom is -0.389 e. The summed E-state index contributed by atoms with van der Waals surface area (Å²) in [5.74, 6) is 0.437. The lowest BCUT2D eigenvalue weighted by Crippen LogP contribution is -2.62. The Morgan fingerprint density at radius 1 is 1.30 bits per heavy atom. The summed E-state index contributed by atoms with van der Waals surface area (Å²) in [6.07, 6.45) is -0.599. The zero-order valence-electron chi connectivity index (χ0n) is 10.8. The van der Waals surface area contributed by atoms with Gasteiger partial charge in [-0.05, 0) is 6.92 Å². The number of aromatic nitrogens is 4. The fourth-order valence-corrected chi connectivity index (χ4v) is 2.22.